The van der Waals surface area contributed by atoms with Gasteiger partial charge in [-0.05, 0) is 51.2 Å². The standard InChI is InChI=1S/C26H49N3O6S/c1-18(2)15-36-16-19(22(33)28-12-10-21(31)32)29-23(34)25(6,7)17-35-26(8,9)11-13-27-20(30)14-24(3,4)5/h18-19H,10-17H2,1-9H3,(H,27,30)(H,28,33)(H,29,34)(H,31,32)/t19-/m0/s1. The number of nitrogens with one attached hydrogen (secondary N) is 3. The van der Waals surface area contributed by atoms with Crippen LogP contribution in [0.15, 0.2) is 0 Å². The molecule has 0 bridgehead atoms. The molecule has 0 aromatic rings. The van der Waals surface area contributed by atoms with Gasteiger partial charge < -0.3 is 25.8 Å². The van der Waals surface area contributed by atoms with Crippen LogP contribution in [0.3, 0.4) is 0 Å². The molecule has 0 saturated heterocycles. The number of amides is 3. The minimum absolute atomic E-state index is 0.000942. The summed E-state index contributed by atoms with van der Waals surface area (Å²) >= 11 is 1.56. The third kappa shape index (κ3) is 16.8. The molecule has 10 heteroatoms. The molecule has 0 aromatic carbocycles. The average Bonchev–Trinajstić information content (AvgIpc) is 2.69. The van der Waals surface area contributed by atoms with Crippen LogP contribution in [0.1, 0.15) is 81.6 Å². The first kappa shape index (κ1) is 34.2. The van der Waals surface area contributed by atoms with Crippen LogP contribution in [-0.2, 0) is 23.9 Å². The highest BCUT2D eigenvalue weighted by molar-refractivity contribution is 7.99. The Labute approximate surface area is 221 Å². The van der Waals surface area contributed by atoms with Crippen molar-refractivity contribution >= 4 is 35.5 Å². The predicted octanol–water partition coefficient (Wildman–Crippen LogP) is 3.22. The van der Waals surface area contributed by atoms with Crippen molar-refractivity contribution in [1.29, 1.82) is 0 Å². The van der Waals surface area contributed by atoms with E-state index in [4.69, 9.17) is 9.84 Å². The Morgan fingerprint density at radius 1 is 0.917 bits per heavy atom. The fraction of sp³-hybridized carbons (Fsp3) is 0.846. The molecule has 0 unspecified atom stereocenters. The number of carbonyl (C=O) groups excluding carboxylic acids is 3. The zero-order valence-electron chi connectivity index (χ0n) is 23.7. The summed E-state index contributed by atoms with van der Waals surface area (Å²) in [6.45, 7) is 18.1. The van der Waals surface area contributed by atoms with Crippen molar-refractivity contribution in [3.8, 4) is 0 Å². The molecular weight excluding hydrogens is 482 g/mol. The molecular formula is C26H49N3O6S. The SMILES string of the molecule is CC(C)CSC[C@H](NC(=O)C(C)(C)COC(C)(C)CCNC(=O)CC(C)(C)C)C(=O)NCCC(=O)O. The van der Waals surface area contributed by atoms with E-state index in [0.29, 0.717) is 31.1 Å². The third-order valence-corrected chi connectivity index (χ3v) is 6.65. The minimum Gasteiger partial charge on any atom is -0.481 e. The van der Waals surface area contributed by atoms with Gasteiger partial charge in [0.2, 0.25) is 17.7 Å². The molecule has 0 aliphatic carbocycles. The molecule has 0 aromatic heterocycles. The largest absolute Gasteiger partial charge is 0.481 e. The Morgan fingerprint density at radius 3 is 2.06 bits per heavy atom. The van der Waals surface area contributed by atoms with Crippen LogP contribution in [0.4, 0.5) is 0 Å². The van der Waals surface area contributed by atoms with Crippen LogP contribution in [0, 0.1) is 16.7 Å². The Hall–Kier alpha value is -1.81. The summed E-state index contributed by atoms with van der Waals surface area (Å²) in [5.74, 6) is -0.0573. The molecule has 0 aliphatic heterocycles. The fourth-order valence-corrected chi connectivity index (χ4v) is 4.01. The molecule has 0 fully saturated rings. The topological polar surface area (TPSA) is 134 Å². The van der Waals surface area contributed by atoms with E-state index in [0.717, 1.165) is 5.75 Å². The smallest absolute Gasteiger partial charge is 0.305 e. The summed E-state index contributed by atoms with van der Waals surface area (Å²) in [4.78, 5) is 48.5. The maximum atomic E-state index is 13.1. The first-order chi connectivity index (χ1) is 16.3. The van der Waals surface area contributed by atoms with Crippen LogP contribution >= 0.6 is 11.8 Å². The highest BCUT2D eigenvalue weighted by atomic mass is 32.2. The van der Waals surface area contributed by atoms with E-state index >= 15 is 0 Å². The van der Waals surface area contributed by atoms with Crippen molar-refractivity contribution in [2.45, 2.75) is 93.2 Å². The summed E-state index contributed by atoms with van der Waals surface area (Å²) in [5.41, 5.74) is -1.55. The molecule has 0 heterocycles. The van der Waals surface area contributed by atoms with Crippen molar-refractivity contribution in [3.63, 3.8) is 0 Å². The number of hydrogen-bond acceptors (Lipinski definition) is 6. The lowest BCUT2D eigenvalue weighted by atomic mass is 9.91. The second kappa shape index (κ2) is 15.4. The monoisotopic (exact) mass is 531 g/mol. The number of carbonyl (C=O) groups is 4. The Balaban J connectivity index is 4.91. The first-order valence-corrected chi connectivity index (χ1v) is 13.8. The number of ether oxygens (including phenoxy) is 1. The van der Waals surface area contributed by atoms with Crippen LogP contribution in [0.2, 0.25) is 0 Å². The van der Waals surface area contributed by atoms with Gasteiger partial charge in [-0.3, -0.25) is 19.2 Å². The minimum atomic E-state index is -1.00. The normalized spacial score (nSPS) is 13.3. The summed E-state index contributed by atoms with van der Waals surface area (Å²) < 4.78 is 6.06. The van der Waals surface area contributed by atoms with Crippen LogP contribution in [0.25, 0.3) is 0 Å². The Kier molecular flexibility index (Phi) is 14.7. The maximum Gasteiger partial charge on any atom is 0.305 e. The molecule has 9 nitrogen and oxygen atoms in total. The lowest BCUT2D eigenvalue weighted by Gasteiger charge is -2.32. The van der Waals surface area contributed by atoms with Gasteiger partial charge in [0.05, 0.1) is 24.0 Å². The van der Waals surface area contributed by atoms with Gasteiger partial charge in [0, 0.05) is 25.3 Å². The van der Waals surface area contributed by atoms with Crippen LogP contribution in [0.5, 0.6) is 0 Å². The average molecular weight is 532 g/mol. The van der Waals surface area contributed by atoms with Gasteiger partial charge in [-0.2, -0.15) is 11.8 Å². The van der Waals surface area contributed by atoms with Gasteiger partial charge in [0.1, 0.15) is 6.04 Å². The van der Waals surface area contributed by atoms with Crippen molar-refractivity contribution in [1.82, 2.24) is 16.0 Å². The maximum absolute atomic E-state index is 13.1. The Morgan fingerprint density at radius 2 is 1.53 bits per heavy atom. The summed E-state index contributed by atoms with van der Waals surface area (Å²) in [7, 11) is 0. The molecule has 1 atom stereocenters. The lowest BCUT2D eigenvalue weighted by molar-refractivity contribution is -0.140. The molecule has 4 N–H and O–H groups in total. The molecule has 0 radical (unpaired) electrons. The highest BCUT2D eigenvalue weighted by Crippen LogP contribution is 2.23. The highest BCUT2D eigenvalue weighted by Gasteiger charge is 2.34. The molecule has 0 spiro atoms. The van der Waals surface area contributed by atoms with Crippen LogP contribution < -0.4 is 16.0 Å². The molecule has 0 saturated carbocycles. The molecule has 36 heavy (non-hydrogen) atoms. The summed E-state index contributed by atoms with van der Waals surface area (Å²) in [6, 6.07) is -0.777. The molecule has 0 aliphatic rings. The fourth-order valence-electron chi connectivity index (χ4n) is 2.93. The Bertz CT molecular complexity index is 732. The number of carboxylic acid groups (broad SMARTS) is 1. The van der Waals surface area contributed by atoms with E-state index < -0.39 is 28.9 Å². The van der Waals surface area contributed by atoms with E-state index in [-0.39, 0.29) is 36.8 Å². The summed E-state index contributed by atoms with van der Waals surface area (Å²) in [5, 5.41) is 17.2. The molecule has 210 valence electrons. The van der Waals surface area contributed by atoms with Gasteiger partial charge in [-0.15, -0.1) is 0 Å². The first-order valence-electron chi connectivity index (χ1n) is 12.6. The zero-order chi connectivity index (χ0) is 28.2. The number of carboxylic acids is 1. The molecule has 3 amide bonds. The van der Waals surface area contributed by atoms with Crippen molar-refractivity contribution < 1.29 is 29.0 Å². The van der Waals surface area contributed by atoms with Gasteiger partial charge in [-0.25, -0.2) is 0 Å². The van der Waals surface area contributed by atoms with Crippen molar-refractivity contribution in [2.75, 3.05) is 31.2 Å². The summed E-state index contributed by atoms with van der Waals surface area (Å²) in [6.07, 6.45) is 0.847. The second-order valence-electron chi connectivity index (χ2n) is 12.2. The third-order valence-electron chi connectivity index (χ3n) is 5.17. The lowest BCUT2D eigenvalue weighted by Crippen LogP contribution is -2.53. The molecule has 0 rings (SSSR count). The van der Waals surface area contributed by atoms with E-state index in [1.807, 2.05) is 34.6 Å². The zero-order valence-corrected chi connectivity index (χ0v) is 24.5. The van der Waals surface area contributed by atoms with Crippen LogP contribution in [-0.4, -0.2) is 71.6 Å². The van der Waals surface area contributed by atoms with E-state index in [1.165, 1.54) is 0 Å². The van der Waals surface area contributed by atoms with Gasteiger partial charge in [0.15, 0.2) is 0 Å². The number of hydrogen-bond donors (Lipinski definition) is 4. The van der Waals surface area contributed by atoms with Gasteiger partial charge >= 0.3 is 5.97 Å². The van der Waals surface area contributed by atoms with Gasteiger partial charge in [-0.1, -0.05) is 34.6 Å². The van der Waals surface area contributed by atoms with E-state index in [9.17, 15) is 19.2 Å². The number of aliphatic carboxylic acids is 1. The quantitative estimate of drug-likeness (QED) is 0.226. The number of rotatable bonds is 17. The second-order valence-corrected chi connectivity index (χ2v) is 13.2. The van der Waals surface area contributed by atoms with Gasteiger partial charge in [0.25, 0.3) is 0 Å². The number of thioether (sulfide) groups is 1. The van der Waals surface area contributed by atoms with E-state index in [2.05, 4.69) is 29.8 Å². The van der Waals surface area contributed by atoms with Crippen molar-refractivity contribution in [2.24, 2.45) is 16.7 Å². The van der Waals surface area contributed by atoms with Crippen molar-refractivity contribution in [3.05, 3.63) is 0 Å². The van der Waals surface area contributed by atoms with E-state index in [1.54, 1.807) is 25.6 Å². The predicted molar refractivity (Wildman–Crippen MR) is 145 cm³/mol.